The number of aromatic nitrogens is 1. The number of amides is 1. The van der Waals surface area contributed by atoms with Gasteiger partial charge in [0.1, 0.15) is 11.3 Å². The number of fused-ring (bicyclic) bond motifs is 1. The number of benzene rings is 1. The molecule has 0 saturated carbocycles. The Morgan fingerprint density at radius 3 is 2.52 bits per heavy atom. The number of carbonyl (C=O) groups is 1. The summed E-state index contributed by atoms with van der Waals surface area (Å²) >= 11 is 0. The average Bonchev–Trinajstić information content (AvgIpc) is 3.01. The highest BCUT2D eigenvalue weighted by molar-refractivity contribution is 6.07. The average molecular weight is 366 g/mol. The van der Waals surface area contributed by atoms with Crippen LogP contribution < -0.4 is 10.9 Å². The number of carbonyl (C=O) groups excluding carboxylic acids is 1. The van der Waals surface area contributed by atoms with E-state index in [9.17, 15) is 9.59 Å². The molecule has 1 atom stereocenters. The number of furan rings is 1. The number of aryl methyl sites for hydroxylation is 3. The smallest absolute Gasteiger partial charge is 0.262 e. The summed E-state index contributed by atoms with van der Waals surface area (Å²) < 4.78 is 7.30. The summed E-state index contributed by atoms with van der Waals surface area (Å²) in [6, 6.07) is 9.77. The molecule has 0 radical (unpaired) electrons. The normalized spacial score (nSPS) is 12.3. The van der Waals surface area contributed by atoms with Crippen LogP contribution in [-0.2, 0) is 13.0 Å². The van der Waals surface area contributed by atoms with Crippen molar-refractivity contribution in [2.24, 2.45) is 0 Å². The molecule has 0 bridgehead atoms. The first-order valence-corrected chi connectivity index (χ1v) is 9.48. The highest BCUT2D eigenvalue weighted by Crippen LogP contribution is 2.24. The molecule has 5 nitrogen and oxygen atoms in total. The van der Waals surface area contributed by atoms with Gasteiger partial charge in [-0.1, -0.05) is 38.1 Å². The summed E-state index contributed by atoms with van der Waals surface area (Å²) in [5, 5.41) is 3.36. The van der Waals surface area contributed by atoms with Crippen molar-refractivity contribution in [3.05, 3.63) is 69.3 Å². The molecule has 0 aliphatic rings. The van der Waals surface area contributed by atoms with Gasteiger partial charge >= 0.3 is 0 Å². The standard InChI is InChI=1S/C22H26N2O3/c1-5-12-24-13-11-18-20(22(24)26)19(15(4)27-18)21(25)23-14(3)17-9-7-16(6-2)8-10-17/h7-11,13-14H,5-6,12H2,1-4H3,(H,23,25)/t14-/m1/s1. The van der Waals surface area contributed by atoms with Gasteiger partial charge in [-0.15, -0.1) is 0 Å². The quantitative estimate of drug-likeness (QED) is 0.705. The molecule has 0 fully saturated rings. The second kappa shape index (κ2) is 7.82. The van der Waals surface area contributed by atoms with Crippen molar-refractivity contribution in [1.82, 2.24) is 9.88 Å². The lowest BCUT2D eigenvalue weighted by molar-refractivity contribution is 0.0939. The van der Waals surface area contributed by atoms with Crippen LogP contribution in [-0.4, -0.2) is 10.5 Å². The molecule has 5 heteroatoms. The minimum Gasteiger partial charge on any atom is -0.460 e. The lowest BCUT2D eigenvalue weighted by Crippen LogP contribution is -2.28. The molecule has 142 valence electrons. The summed E-state index contributed by atoms with van der Waals surface area (Å²) in [5.41, 5.74) is 2.88. The van der Waals surface area contributed by atoms with Gasteiger partial charge in [0.05, 0.1) is 17.0 Å². The molecule has 0 saturated heterocycles. The number of nitrogens with zero attached hydrogens (tertiary/aromatic N) is 1. The van der Waals surface area contributed by atoms with Crippen molar-refractivity contribution in [2.75, 3.05) is 0 Å². The van der Waals surface area contributed by atoms with E-state index in [0.717, 1.165) is 18.4 Å². The van der Waals surface area contributed by atoms with Gasteiger partial charge in [0.15, 0.2) is 0 Å². The number of pyridine rings is 1. The Kier molecular flexibility index (Phi) is 5.49. The maximum atomic E-state index is 12.9. The Morgan fingerprint density at radius 2 is 1.89 bits per heavy atom. The minimum atomic E-state index is -0.287. The van der Waals surface area contributed by atoms with Crippen LogP contribution in [0.25, 0.3) is 11.0 Å². The van der Waals surface area contributed by atoms with Crippen molar-refractivity contribution < 1.29 is 9.21 Å². The van der Waals surface area contributed by atoms with E-state index in [1.54, 1.807) is 23.8 Å². The van der Waals surface area contributed by atoms with Crippen molar-refractivity contribution in [1.29, 1.82) is 0 Å². The Labute approximate surface area is 159 Å². The van der Waals surface area contributed by atoms with Gasteiger partial charge in [-0.3, -0.25) is 9.59 Å². The summed E-state index contributed by atoms with van der Waals surface area (Å²) in [5.74, 6) is 0.173. The molecular weight excluding hydrogens is 340 g/mol. The van der Waals surface area contributed by atoms with Gasteiger partial charge in [-0.25, -0.2) is 0 Å². The van der Waals surface area contributed by atoms with E-state index in [2.05, 4.69) is 24.4 Å². The first kappa shape index (κ1) is 19.0. The second-order valence-corrected chi connectivity index (χ2v) is 6.88. The molecule has 27 heavy (non-hydrogen) atoms. The molecule has 2 heterocycles. The molecule has 1 N–H and O–H groups in total. The minimum absolute atomic E-state index is 0.172. The lowest BCUT2D eigenvalue weighted by atomic mass is 10.0. The van der Waals surface area contributed by atoms with Gasteiger partial charge in [-0.2, -0.15) is 0 Å². The van der Waals surface area contributed by atoms with Crippen molar-refractivity contribution in [2.45, 2.75) is 53.1 Å². The third-order valence-corrected chi connectivity index (χ3v) is 4.92. The van der Waals surface area contributed by atoms with E-state index in [4.69, 9.17) is 4.42 Å². The fourth-order valence-electron chi connectivity index (χ4n) is 3.35. The Balaban J connectivity index is 1.93. The number of rotatable bonds is 6. The lowest BCUT2D eigenvalue weighted by Gasteiger charge is -2.15. The second-order valence-electron chi connectivity index (χ2n) is 6.88. The van der Waals surface area contributed by atoms with E-state index in [-0.39, 0.29) is 17.5 Å². The fourth-order valence-corrected chi connectivity index (χ4v) is 3.35. The summed E-state index contributed by atoms with van der Waals surface area (Å²) in [7, 11) is 0. The summed E-state index contributed by atoms with van der Waals surface area (Å²) in [4.78, 5) is 25.8. The van der Waals surface area contributed by atoms with Crippen LogP contribution in [0.1, 0.15) is 60.5 Å². The number of nitrogens with one attached hydrogen (secondary N) is 1. The Bertz CT molecular complexity index is 1010. The van der Waals surface area contributed by atoms with Gasteiger partial charge in [0.2, 0.25) is 0 Å². The maximum Gasteiger partial charge on any atom is 0.262 e. The zero-order valence-corrected chi connectivity index (χ0v) is 16.3. The van der Waals surface area contributed by atoms with E-state index >= 15 is 0 Å². The molecule has 0 aliphatic carbocycles. The third-order valence-electron chi connectivity index (χ3n) is 4.92. The van der Waals surface area contributed by atoms with E-state index < -0.39 is 0 Å². The number of hydrogen-bond donors (Lipinski definition) is 1. The van der Waals surface area contributed by atoms with E-state index in [1.165, 1.54) is 5.56 Å². The van der Waals surface area contributed by atoms with Gasteiger partial charge in [0.25, 0.3) is 11.5 Å². The third kappa shape index (κ3) is 3.68. The highest BCUT2D eigenvalue weighted by Gasteiger charge is 2.23. The molecule has 3 rings (SSSR count). The molecule has 0 spiro atoms. The summed E-state index contributed by atoms with van der Waals surface area (Å²) in [6.45, 7) is 8.39. The molecule has 3 aromatic rings. The largest absolute Gasteiger partial charge is 0.460 e. The van der Waals surface area contributed by atoms with Crippen LogP contribution in [0, 0.1) is 6.92 Å². The van der Waals surface area contributed by atoms with Crippen LogP contribution >= 0.6 is 0 Å². The van der Waals surface area contributed by atoms with E-state index in [1.807, 2.05) is 26.0 Å². The summed E-state index contributed by atoms with van der Waals surface area (Å²) in [6.07, 6.45) is 3.54. The van der Waals surface area contributed by atoms with Crippen molar-refractivity contribution >= 4 is 16.9 Å². The molecule has 2 aromatic heterocycles. The highest BCUT2D eigenvalue weighted by atomic mass is 16.3. The van der Waals surface area contributed by atoms with Crippen LogP contribution in [0.15, 0.2) is 45.7 Å². The zero-order valence-electron chi connectivity index (χ0n) is 16.3. The molecule has 1 aromatic carbocycles. The monoisotopic (exact) mass is 366 g/mol. The van der Waals surface area contributed by atoms with Gasteiger partial charge < -0.3 is 14.3 Å². The Hall–Kier alpha value is -2.82. The van der Waals surface area contributed by atoms with Crippen LogP contribution in [0.2, 0.25) is 0 Å². The zero-order chi connectivity index (χ0) is 19.6. The first-order chi connectivity index (χ1) is 13.0. The Morgan fingerprint density at radius 1 is 1.19 bits per heavy atom. The van der Waals surface area contributed by atoms with Crippen LogP contribution in [0.3, 0.4) is 0 Å². The fraction of sp³-hybridized carbons (Fsp3) is 0.364. The maximum absolute atomic E-state index is 12.9. The van der Waals surface area contributed by atoms with Gasteiger partial charge in [-0.05, 0) is 43.9 Å². The van der Waals surface area contributed by atoms with Crippen LogP contribution in [0.4, 0.5) is 0 Å². The van der Waals surface area contributed by atoms with Crippen molar-refractivity contribution in [3.8, 4) is 0 Å². The van der Waals surface area contributed by atoms with Gasteiger partial charge in [0, 0.05) is 12.7 Å². The molecule has 0 aliphatic heterocycles. The molecular formula is C22H26N2O3. The van der Waals surface area contributed by atoms with E-state index in [0.29, 0.717) is 28.8 Å². The molecule has 1 amide bonds. The SMILES string of the molecule is CCCn1ccc2oc(C)c(C(=O)N[C@H](C)c3ccc(CC)cc3)c2c1=O. The van der Waals surface area contributed by atoms with Crippen LogP contribution in [0.5, 0.6) is 0 Å². The molecule has 0 unspecified atom stereocenters. The predicted molar refractivity (Wildman–Crippen MR) is 107 cm³/mol. The number of hydrogen-bond acceptors (Lipinski definition) is 3. The van der Waals surface area contributed by atoms with Crippen molar-refractivity contribution in [3.63, 3.8) is 0 Å². The predicted octanol–water partition coefficient (Wildman–Crippen LogP) is 4.37. The topological polar surface area (TPSA) is 64.2 Å². The first-order valence-electron chi connectivity index (χ1n) is 9.48.